The Labute approximate surface area is 313 Å². The minimum absolute atomic E-state index is 0.114. The van der Waals surface area contributed by atoms with Crippen LogP contribution < -0.4 is 21.4 Å². The molecular formula is C39H55N5O8Si. The first-order chi connectivity index (χ1) is 24.7. The van der Waals surface area contributed by atoms with Crippen LogP contribution in [-0.2, 0) is 23.4 Å². The van der Waals surface area contributed by atoms with Gasteiger partial charge in [0, 0.05) is 20.3 Å². The van der Waals surface area contributed by atoms with Crippen molar-refractivity contribution in [2.75, 3.05) is 20.7 Å². The number of carbonyl (C=O) groups excluding carboxylic acids is 2. The summed E-state index contributed by atoms with van der Waals surface area (Å²) in [6.07, 6.45) is -1.59. The van der Waals surface area contributed by atoms with E-state index in [1.165, 1.54) is 25.5 Å². The Morgan fingerprint density at radius 2 is 1.60 bits per heavy atom. The Kier molecular flexibility index (Phi) is 12.8. The fourth-order valence-corrected chi connectivity index (χ4v) is 11.1. The number of esters is 1. The maximum atomic E-state index is 14.0. The number of rotatable bonds is 12. The molecule has 2 heterocycles. The summed E-state index contributed by atoms with van der Waals surface area (Å²) >= 11 is 0. The molecule has 2 aromatic carbocycles. The van der Waals surface area contributed by atoms with Crippen LogP contribution in [0.15, 0.2) is 82.7 Å². The molecule has 13 nitrogen and oxygen atoms in total. The number of nitrogens with zero attached hydrogens (tertiary/aromatic N) is 4. The number of aliphatic imine (C=N–C) groups is 1. The van der Waals surface area contributed by atoms with E-state index in [4.69, 9.17) is 18.6 Å². The first-order valence-corrected chi connectivity index (χ1v) is 19.7. The van der Waals surface area contributed by atoms with Crippen LogP contribution in [0.4, 0.5) is 10.6 Å². The minimum Gasteiger partial charge on any atom is -0.455 e. The van der Waals surface area contributed by atoms with E-state index in [0.717, 1.165) is 14.9 Å². The molecule has 53 heavy (non-hydrogen) atoms. The first kappa shape index (κ1) is 41.4. The van der Waals surface area contributed by atoms with Gasteiger partial charge in [0.2, 0.25) is 0 Å². The van der Waals surface area contributed by atoms with Gasteiger partial charge in [-0.25, -0.2) is 19.4 Å². The van der Waals surface area contributed by atoms with Gasteiger partial charge in [0.25, 0.3) is 8.32 Å². The number of amides is 1. The number of benzene rings is 2. The molecule has 1 fully saturated rings. The molecule has 1 amide bonds. The average Bonchev–Trinajstić information content (AvgIpc) is 3.30. The van der Waals surface area contributed by atoms with Gasteiger partial charge in [-0.1, -0.05) is 95.3 Å². The zero-order valence-corrected chi connectivity index (χ0v) is 33.7. The van der Waals surface area contributed by atoms with Crippen LogP contribution in [-0.4, -0.2) is 96.4 Å². The molecule has 288 valence electrons. The maximum Gasteiger partial charge on any atom is 0.408 e. The monoisotopic (exact) mass is 749 g/mol. The van der Waals surface area contributed by atoms with Crippen molar-refractivity contribution in [3.05, 3.63) is 83.4 Å². The summed E-state index contributed by atoms with van der Waals surface area (Å²) < 4.78 is 26.4. The third-order valence-electron chi connectivity index (χ3n) is 8.92. The molecule has 1 aliphatic rings. The average molecular weight is 750 g/mol. The minimum atomic E-state index is -3.13. The van der Waals surface area contributed by atoms with E-state index in [1.807, 2.05) is 36.4 Å². The van der Waals surface area contributed by atoms with E-state index in [-0.39, 0.29) is 12.4 Å². The summed E-state index contributed by atoms with van der Waals surface area (Å²) in [5, 5.41) is 16.5. The van der Waals surface area contributed by atoms with Gasteiger partial charge in [-0.3, -0.25) is 4.57 Å². The molecule has 2 unspecified atom stereocenters. The van der Waals surface area contributed by atoms with Crippen LogP contribution in [0.3, 0.4) is 0 Å². The third kappa shape index (κ3) is 9.60. The van der Waals surface area contributed by atoms with E-state index in [2.05, 4.69) is 60.3 Å². The highest BCUT2D eigenvalue weighted by molar-refractivity contribution is 6.99. The first-order valence-electron chi connectivity index (χ1n) is 17.8. The molecule has 0 bridgehead atoms. The molecule has 1 aliphatic heterocycles. The Morgan fingerprint density at radius 3 is 2.08 bits per heavy atom. The lowest BCUT2D eigenvalue weighted by Gasteiger charge is -2.43. The van der Waals surface area contributed by atoms with Gasteiger partial charge in [-0.05, 0) is 55.1 Å². The van der Waals surface area contributed by atoms with Gasteiger partial charge in [-0.2, -0.15) is 4.98 Å². The van der Waals surface area contributed by atoms with Crippen LogP contribution in [0.5, 0.6) is 0 Å². The van der Waals surface area contributed by atoms with Crippen LogP contribution >= 0.6 is 0 Å². The van der Waals surface area contributed by atoms with Crippen molar-refractivity contribution in [2.24, 2.45) is 10.9 Å². The van der Waals surface area contributed by atoms with Gasteiger partial charge < -0.3 is 34.0 Å². The lowest BCUT2D eigenvalue weighted by Crippen LogP contribution is -2.67. The molecule has 4 rings (SSSR count). The van der Waals surface area contributed by atoms with E-state index in [1.54, 1.807) is 53.6 Å². The highest BCUT2D eigenvalue weighted by Gasteiger charge is 2.58. The quantitative estimate of drug-likeness (QED) is 0.120. The van der Waals surface area contributed by atoms with E-state index in [9.17, 15) is 19.5 Å². The molecule has 5 atom stereocenters. The van der Waals surface area contributed by atoms with E-state index < -0.39 is 72.7 Å². The number of carbonyl (C=O) groups is 2. The second-order valence-corrected chi connectivity index (χ2v) is 20.4. The number of aliphatic hydroxyl groups is 1. The number of hydrogen-bond donors (Lipinski definition) is 2. The molecule has 1 aromatic heterocycles. The smallest absolute Gasteiger partial charge is 0.408 e. The SMILES string of the molecule is CC(C)C(NC(=O)OC(C)(C)C)C(=O)OC1[C@@H](CO[Si](c2ccccc2)(c2ccccc2)C(C)(C)C)O[C@@H](n2ccc(/N=C\N(C)C)nc2=O)[C@@]1(C)O. The van der Waals surface area contributed by atoms with Gasteiger partial charge in [-0.15, -0.1) is 0 Å². The molecule has 0 spiro atoms. The van der Waals surface area contributed by atoms with Gasteiger partial charge in [0.15, 0.2) is 18.1 Å². The van der Waals surface area contributed by atoms with E-state index in [0.29, 0.717) is 0 Å². The summed E-state index contributed by atoms with van der Waals surface area (Å²) in [5.41, 5.74) is -3.50. The molecule has 0 radical (unpaired) electrons. The van der Waals surface area contributed by atoms with Crippen molar-refractivity contribution < 1.29 is 33.3 Å². The fourth-order valence-electron chi connectivity index (χ4n) is 6.49. The van der Waals surface area contributed by atoms with Crippen molar-refractivity contribution in [2.45, 2.75) is 103 Å². The molecule has 1 saturated heterocycles. The normalized spacial score (nSPS) is 21.4. The highest BCUT2D eigenvalue weighted by Crippen LogP contribution is 2.42. The Balaban J connectivity index is 1.78. The Morgan fingerprint density at radius 1 is 1.04 bits per heavy atom. The lowest BCUT2D eigenvalue weighted by atomic mass is 9.95. The van der Waals surface area contributed by atoms with Crippen molar-refractivity contribution in [3.63, 3.8) is 0 Å². The lowest BCUT2D eigenvalue weighted by molar-refractivity contribution is -0.167. The topological polar surface area (TPSA) is 154 Å². The third-order valence-corrected chi connectivity index (χ3v) is 13.9. The number of ether oxygens (including phenoxy) is 3. The maximum absolute atomic E-state index is 14.0. The fraction of sp³-hybridized carbons (Fsp3) is 0.513. The van der Waals surface area contributed by atoms with Crippen molar-refractivity contribution in [3.8, 4) is 0 Å². The molecular weight excluding hydrogens is 695 g/mol. The largest absolute Gasteiger partial charge is 0.455 e. The van der Waals surface area contributed by atoms with Crippen LogP contribution in [0.1, 0.15) is 68.5 Å². The van der Waals surface area contributed by atoms with Gasteiger partial charge >= 0.3 is 17.8 Å². The van der Waals surface area contributed by atoms with Crippen molar-refractivity contribution in [1.82, 2.24) is 19.8 Å². The zero-order chi connectivity index (χ0) is 39.4. The predicted molar refractivity (Wildman–Crippen MR) is 206 cm³/mol. The standard InChI is InChI=1S/C39H55N5O8Si/c1-26(2)31(42-36(47)52-37(3,4)5)33(45)51-32-29(50-34(39(32,9)48)44-23-22-30(41-35(44)46)40-25-43(10)11)24-49-53(38(6,7)8,27-18-14-12-15-19-27)28-20-16-13-17-21-28/h12-23,25-26,29,31-32,34,48H,24H2,1-11H3,(H,42,47)/b40-25-/t29-,31?,32?,34-,39+/m1/s1. The number of alkyl carbamates (subject to hydrolysis) is 1. The Bertz CT molecular complexity index is 1750. The number of aromatic nitrogens is 2. The summed E-state index contributed by atoms with van der Waals surface area (Å²) in [5.74, 6) is -1.05. The molecule has 0 saturated carbocycles. The Hall–Kier alpha value is -4.37. The summed E-state index contributed by atoms with van der Waals surface area (Å²) in [4.78, 5) is 50.2. The molecule has 0 aliphatic carbocycles. The molecule has 2 N–H and O–H groups in total. The predicted octanol–water partition coefficient (Wildman–Crippen LogP) is 4.15. The summed E-state index contributed by atoms with van der Waals surface area (Å²) in [7, 11) is 0.447. The van der Waals surface area contributed by atoms with Crippen LogP contribution in [0.25, 0.3) is 0 Å². The summed E-state index contributed by atoms with van der Waals surface area (Å²) in [6.45, 7) is 16.4. The van der Waals surface area contributed by atoms with Crippen molar-refractivity contribution >= 4 is 42.9 Å². The zero-order valence-electron chi connectivity index (χ0n) is 32.7. The second kappa shape index (κ2) is 16.3. The highest BCUT2D eigenvalue weighted by atomic mass is 28.4. The van der Waals surface area contributed by atoms with Gasteiger partial charge in [0.05, 0.1) is 12.9 Å². The van der Waals surface area contributed by atoms with Crippen LogP contribution in [0.2, 0.25) is 5.04 Å². The number of hydrogen-bond acceptors (Lipinski definition) is 10. The van der Waals surface area contributed by atoms with Gasteiger partial charge in [0.1, 0.15) is 23.3 Å². The summed E-state index contributed by atoms with van der Waals surface area (Å²) in [6, 6.07) is 20.4. The molecule has 14 heteroatoms. The number of nitrogens with one attached hydrogen (secondary N) is 1. The van der Waals surface area contributed by atoms with Crippen molar-refractivity contribution in [1.29, 1.82) is 0 Å². The second-order valence-electron chi connectivity index (χ2n) is 16.1. The van der Waals surface area contributed by atoms with E-state index >= 15 is 0 Å². The van der Waals surface area contributed by atoms with Crippen LogP contribution in [0, 0.1) is 5.92 Å². The molecule has 3 aromatic rings.